The number of fused-ring (bicyclic) bond motifs is 3. The first-order valence-corrected chi connectivity index (χ1v) is 12.9. The first-order chi connectivity index (χ1) is 13.5. The fraction of sp³-hybridized carbons (Fsp3) is 0.833. The molecule has 0 heterocycles. The molecule has 0 radical (unpaired) electrons. The minimum absolute atomic E-state index is 0.0645. The molecule has 3 rings (SSSR count). The first-order valence-electron chi connectivity index (χ1n) is 11.5. The van der Waals surface area contributed by atoms with Crippen molar-refractivity contribution >= 4 is 7.82 Å². The van der Waals surface area contributed by atoms with E-state index in [0.717, 1.165) is 31.4 Å². The molecule has 3 aliphatic carbocycles. The summed E-state index contributed by atoms with van der Waals surface area (Å²) in [5.74, 6) is 1.86. The van der Waals surface area contributed by atoms with E-state index < -0.39 is 7.82 Å². The lowest BCUT2D eigenvalue weighted by Gasteiger charge is -2.59. The molecule has 166 valence electrons. The predicted molar refractivity (Wildman–Crippen MR) is 118 cm³/mol. The Morgan fingerprint density at radius 3 is 2.34 bits per heavy atom. The summed E-state index contributed by atoms with van der Waals surface area (Å²) in [5.41, 5.74) is 1.92. The molecule has 29 heavy (non-hydrogen) atoms. The van der Waals surface area contributed by atoms with Crippen molar-refractivity contribution in [2.45, 2.75) is 86.5 Å². The topological polar surface area (TPSA) is 44.8 Å². The van der Waals surface area contributed by atoms with Crippen molar-refractivity contribution in [2.24, 2.45) is 28.1 Å². The summed E-state index contributed by atoms with van der Waals surface area (Å²) in [6.45, 7) is 18.0. The van der Waals surface area contributed by atoms with E-state index in [1.807, 2.05) is 13.8 Å². The van der Waals surface area contributed by atoms with Gasteiger partial charge in [0.15, 0.2) is 0 Å². The molecule has 5 heteroatoms. The van der Waals surface area contributed by atoms with Gasteiger partial charge in [0.05, 0.1) is 13.2 Å². The normalized spacial score (nSPS) is 36.9. The first kappa shape index (κ1) is 23.1. The quantitative estimate of drug-likeness (QED) is 0.311. The van der Waals surface area contributed by atoms with Crippen LogP contribution in [-0.2, 0) is 18.1 Å². The van der Waals surface area contributed by atoms with Gasteiger partial charge in [0.2, 0.25) is 0 Å². The Hall–Kier alpha value is -0.570. The number of phosphoric ester groups is 1. The maximum atomic E-state index is 13.3. The van der Waals surface area contributed by atoms with E-state index in [-0.39, 0.29) is 16.2 Å². The van der Waals surface area contributed by atoms with Crippen LogP contribution in [0.5, 0.6) is 0 Å². The highest BCUT2D eigenvalue weighted by Crippen LogP contribution is 2.66. The highest BCUT2D eigenvalue weighted by atomic mass is 31.2. The zero-order valence-corrected chi connectivity index (χ0v) is 20.3. The largest absolute Gasteiger partial charge is 0.529 e. The molecule has 0 N–H and O–H groups in total. The maximum absolute atomic E-state index is 13.3. The smallest absolute Gasteiger partial charge is 0.409 e. The predicted octanol–water partition coefficient (Wildman–Crippen LogP) is 7.67. The number of hydrogen-bond donors (Lipinski definition) is 0. The monoisotopic (exact) mass is 424 g/mol. The van der Waals surface area contributed by atoms with E-state index in [1.54, 1.807) is 0 Å². The van der Waals surface area contributed by atoms with Crippen molar-refractivity contribution in [1.29, 1.82) is 0 Å². The minimum atomic E-state index is -3.60. The lowest BCUT2D eigenvalue weighted by Crippen LogP contribution is -2.51. The molecular formula is C24H41O4P. The van der Waals surface area contributed by atoms with Gasteiger partial charge in [-0.3, -0.25) is 9.05 Å². The molecule has 0 aromatic heterocycles. The summed E-state index contributed by atoms with van der Waals surface area (Å²) < 4.78 is 30.5. The standard InChI is InChI=1S/C24H41O4P/c1-8-23(6)15-12-19-18(17-23)20(28-29(25,26-9-2)27-10-3)16-21-22(4,5)13-11-14-24(19,21)7/h8,19,21H,1,9-17H2,2-7H3/t19-,21?,23+,24+/m0/s1. The molecule has 4 nitrogen and oxygen atoms in total. The van der Waals surface area contributed by atoms with Crippen molar-refractivity contribution in [1.82, 2.24) is 0 Å². The van der Waals surface area contributed by atoms with Gasteiger partial charge in [-0.1, -0.05) is 40.2 Å². The van der Waals surface area contributed by atoms with Crippen LogP contribution in [0.25, 0.3) is 0 Å². The second-order valence-corrected chi connectivity index (χ2v) is 12.1. The Balaban J connectivity index is 2.07. The SMILES string of the molecule is C=C[C@]1(C)CC[C@H]2C(=C(OP(=O)(OCC)OCC)CC3C(C)(C)CCC[C@@]32C)C1. The average molecular weight is 425 g/mol. The van der Waals surface area contributed by atoms with Crippen LogP contribution in [0, 0.1) is 28.1 Å². The third-order valence-corrected chi connectivity index (χ3v) is 9.72. The highest BCUT2D eigenvalue weighted by Gasteiger charge is 2.56. The van der Waals surface area contributed by atoms with E-state index in [9.17, 15) is 4.57 Å². The Morgan fingerprint density at radius 1 is 1.10 bits per heavy atom. The molecule has 1 unspecified atom stereocenters. The van der Waals surface area contributed by atoms with Crippen molar-refractivity contribution in [3.8, 4) is 0 Å². The molecule has 0 amide bonds. The Morgan fingerprint density at radius 2 is 1.76 bits per heavy atom. The van der Waals surface area contributed by atoms with E-state index in [0.29, 0.717) is 25.0 Å². The number of phosphoric acid groups is 1. The summed E-state index contributed by atoms with van der Waals surface area (Å²) >= 11 is 0. The minimum Gasteiger partial charge on any atom is -0.409 e. The van der Waals surface area contributed by atoms with Crippen molar-refractivity contribution < 1.29 is 18.1 Å². The number of rotatable bonds is 7. The third-order valence-electron chi connectivity index (χ3n) is 8.13. The Bertz CT molecular complexity index is 702. The molecule has 4 atom stereocenters. The van der Waals surface area contributed by atoms with Crippen LogP contribution in [0.15, 0.2) is 24.0 Å². The zero-order valence-electron chi connectivity index (χ0n) is 19.4. The fourth-order valence-corrected chi connectivity index (χ4v) is 7.81. The van der Waals surface area contributed by atoms with Gasteiger partial charge >= 0.3 is 7.82 Å². The summed E-state index contributed by atoms with van der Waals surface area (Å²) in [7, 11) is -3.60. The molecule has 2 saturated carbocycles. The van der Waals surface area contributed by atoms with E-state index in [4.69, 9.17) is 13.6 Å². The number of hydrogen-bond acceptors (Lipinski definition) is 4. The van der Waals surface area contributed by atoms with Crippen LogP contribution in [0.4, 0.5) is 0 Å². The van der Waals surface area contributed by atoms with Crippen LogP contribution in [0.2, 0.25) is 0 Å². The van der Waals surface area contributed by atoms with Crippen LogP contribution in [-0.4, -0.2) is 13.2 Å². The van der Waals surface area contributed by atoms with Crippen molar-refractivity contribution in [2.75, 3.05) is 13.2 Å². The third kappa shape index (κ3) is 4.27. The molecule has 0 aliphatic heterocycles. The second kappa shape index (κ2) is 8.17. The molecule has 0 aromatic carbocycles. The van der Waals surface area contributed by atoms with Gasteiger partial charge in [-0.05, 0) is 79.6 Å². The molecule has 0 spiro atoms. The van der Waals surface area contributed by atoms with Crippen molar-refractivity contribution in [3.63, 3.8) is 0 Å². The van der Waals surface area contributed by atoms with E-state index >= 15 is 0 Å². The Kier molecular flexibility index (Phi) is 6.51. The van der Waals surface area contributed by atoms with Crippen LogP contribution in [0.3, 0.4) is 0 Å². The van der Waals surface area contributed by atoms with Gasteiger partial charge < -0.3 is 4.52 Å². The van der Waals surface area contributed by atoms with Crippen LogP contribution in [0.1, 0.15) is 86.5 Å². The summed E-state index contributed by atoms with van der Waals surface area (Å²) in [6, 6.07) is 0. The van der Waals surface area contributed by atoms with Gasteiger partial charge in [-0.15, -0.1) is 6.58 Å². The van der Waals surface area contributed by atoms with Gasteiger partial charge in [0.25, 0.3) is 0 Å². The molecular weight excluding hydrogens is 383 g/mol. The lowest BCUT2D eigenvalue weighted by molar-refractivity contribution is -0.0611. The van der Waals surface area contributed by atoms with Gasteiger partial charge in [-0.25, -0.2) is 4.57 Å². The Labute approximate surface area is 178 Å². The summed E-state index contributed by atoms with van der Waals surface area (Å²) in [5, 5.41) is 0. The fourth-order valence-electron chi connectivity index (χ4n) is 6.54. The second-order valence-electron chi connectivity index (χ2n) is 10.6. The molecule has 0 saturated heterocycles. The highest BCUT2D eigenvalue weighted by molar-refractivity contribution is 7.48. The molecule has 0 bridgehead atoms. The van der Waals surface area contributed by atoms with Crippen LogP contribution < -0.4 is 0 Å². The van der Waals surface area contributed by atoms with E-state index in [1.165, 1.54) is 24.8 Å². The lowest BCUT2D eigenvalue weighted by atomic mass is 9.45. The molecule has 3 aliphatic rings. The van der Waals surface area contributed by atoms with E-state index in [2.05, 4.69) is 40.3 Å². The van der Waals surface area contributed by atoms with Crippen molar-refractivity contribution in [3.05, 3.63) is 24.0 Å². The molecule has 2 fully saturated rings. The zero-order chi connectivity index (χ0) is 21.5. The number of allylic oxidation sites excluding steroid dienone is 3. The maximum Gasteiger partial charge on any atom is 0.529 e. The summed E-state index contributed by atoms with van der Waals surface area (Å²) in [4.78, 5) is 0. The van der Waals surface area contributed by atoms with Crippen LogP contribution >= 0.6 is 7.82 Å². The summed E-state index contributed by atoms with van der Waals surface area (Å²) in [6.07, 6.45) is 9.93. The average Bonchev–Trinajstić information content (AvgIpc) is 2.63. The van der Waals surface area contributed by atoms with Gasteiger partial charge in [-0.2, -0.15) is 0 Å². The molecule has 0 aromatic rings. The van der Waals surface area contributed by atoms with Gasteiger partial charge in [0, 0.05) is 6.42 Å². The van der Waals surface area contributed by atoms with Gasteiger partial charge in [0.1, 0.15) is 5.76 Å².